The van der Waals surface area contributed by atoms with Crippen LogP contribution in [0.2, 0.25) is 0 Å². The van der Waals surface area contributed by atoms with Crippen LogP contribution in [-0.4, -0.2) is 22.7 Å². The third-order valence-corrected chi connectivity index (χ3v) is 3.84. The molecule has 3 aromatic rings. The van der Waals surface area contributed by atoms with Gasteiger partial charge in [-0.15, -0.1) is 0 Å². The Labute approximate surface area is 145 Å². The van der Waals surface area contributed by atoms with Crippen LogP contribution in [0.25, 0.3) is 10.8 Å². The number of para-hydroxylation sites is 2. The van der Waals surface area contributed by atoms with Crippen molar-refractivity contribution >= 4 is 22.4 Å². The van der Waals surface area contributed by atoms with E-state index in [1.54, 1.807) is 42.5 Å². The van der Waals surface area contributed by atoms with Gasteiger partial charge in [0.15, 0.2) is 0 Å². The van der Waals surface area contributed by atoms with E-state index in [9.17, 15) is 15.0 Å². The maximum absolute atomic E-state index is 12.6. The highest BCUT2D eigenvalue weighted by Crippen LogP contribution is 2.36. The fourth-order valence-corrected chi connectivity index (χ4v) is 2.61. The molecule has 128 valence electrons. The van der Waals surface area contributed by atoms with Gasteiger partial charge in [-0.2, -0.15) is 0 Å². The van der Waals surface area contributed by atoms with Gasteiger partial charge in [0, 0.05) is 10.8 Å². The summed E-state index contributed by atoms with van der Waals surface area (Å²) in [5, 5.41) is 24.2. The first-order chi connectivity index (χ1) is 12.1. The summed E-state index contributed by atoms with van der Waals surface area (Å²) in [5.74, 6) is -0.194. The standard InChI is InChI=1S/C20H19NO4/c1-2-11-25-18-10-6-5-9-16(18)21-20(24)15-12-17(22)13-7-3-4-8-14(13)19(15)23/h3-10,12,22-23H,2,11H2,1H3,(H,21,24). The molecule has 0 saturated heterocycles. The van der Waals surface area contributed by atoms with Crippen molar-refractivity contribution in [2.24, 2.45) is 0 Å². The number of carbonyl (C=O) groups excluding carboxylic acids is 1. The van der Waals surface area contributed by atoms with Crippen molar-refractivity contribution in [3.63, 3.8) is 0 Å². The molecule has 0 fully saturated rings. The van der Waals surface area contributed by atoms with Gasteiger partial charge in [-0.25, -0.2) is 0 Å². The van der Waals surface area contributed by atoms with Crippen LogP contribution in [0.4, 0.5) is 5.69 Å². The smallest absolute Gasteiger partial charge is 0.259 e. The summed E-state index contributed by atoms with van der Waals surface area (Å²) in [6.45, 7) is 2.53. The number of aromatic hydroxyl groups is 2. The highest BCUT2D eigenvalue weighted by atomic mass is 16.5. The zero-order valence-electron chi connectivity index (χ0n) is 13.8. The van der Waals surface area contributed by atoms with Crippen LogP contribution < -0.4 is 10.1 Å². The van der Waals surface area contributed by atoms with Gasteiger partial charge >= 0.3 is 0 Å². The number of rotatable bonds is 5. The van der Waals surface area contributed by atoms with Crippen molar-refractivity contribution < 1.29 is 19.7 Å². The van der Waals surface area contributed by atoms with Gasteiger partial charge in [-0.05, 0) is 24.6 Å². The number of hydrogen-bond acceptors (Lipinski definition) is 4. The van der Waals surface area contributed by atoms with Crippen molar-refractivity contribution in [1.29, 1.82) is 0 Å². The molecule has 0 radical (unpaired) electrons. The maximum Gasteiger partial charge on any atom is 0.259 e. The number of benzene rings is 3. The van der Waals surface area contributed by atoms with Gasteiger partial charge in [0.05, 0.1) is 17.9 Å². The Morgan fingerprint density at radius 1 is 1.04 bits per heavy atom. The summed E-state index contributed by atoms with van der Waals surface area (Å²) in [5.41, 5.74) is 0.509. The molecule has 3 aromatic carbocycles. The molecule has 1 amide bonds. The number of ether oxygens (including phenoxy) is 1. The van der Waals surface area contributed by atoms with Crippen molar-refractivity contribution in [3.05, 3.63) is 60.2 Å². The Kier molecular flexibility index (Phi) is 4.75. The lowest BCUT2D eigenvalue weighted by Gasteiger charge is -2.13. The van der Waals surface area contributed by atoms with Gasteiger partial charge in [-0.1, -0.05) is 43.3 Å². The second-order valence-corrected chi connectivity index (χ2v) is 5.64. The predicted octanol–water partition coefficient (Wildman–Crippen LogP) is 4.29. The highest BCUT2D eigenvalue weighted by Gasteiger charge is 2.18. The van der Waals surface area contributed by atoms with Crippen molar-refractivity contribution in [3.8, 4) is 17.2 Å². The molecular weight excluding hydrogens is 318 g/mol. The first-order valence-electron chi connectivity index (χ1n) is 8.08. The molecule has 0 aliphatic heterocycles. The van der Waals surface area contributed by atoms with Crippen molar-refractivity contribution in [2.75, 3.05) is 11.9 Å². The number of phenols is 2. The third kappa shape index (κ3) is 3.35. The fourth-order valence-electron chi connectivity index (χ4n) is 2.61. The van der Waals surface area contributed by atoms with Crippen LogP contribution in [0.1, 0.15) is 23.7 Å². The van der Waals surface area contributed by atoms with E-state index in [4.69, 9.17) is 4.74 Å². The Morgan fingerprint density at radius 3 is 2.48 bits per heavy atom. The Hall–Kier alpha value is -3.21. The minimum atomic E-state index is -0.522. The molecule has 0 aliphatic rings. The Balaban J connectivity index is 1.95. The molecule has 0 aliphatic carbocycles. The van der Waals surface area contributed by atoms with Crippen LogP contribution in [0.5, 0.6) is 17.2 Å². The second kappa shape index (κ2) is 7.13. The van der Waals surface area contributed by atoms with Gasteiger partial charge in [0.2, 0.25) is 0 Å². The van der Waals surface area contributed by atoms with E-state index >= 15 is 0 Å². The maximum atomic E-state index is 12.6. The molecule has 3 rings (SSSR count). The van der Waals surface area contributed by atoms with Gasteiger partial charge in [0.1, 0.15) is 17.2 Å². The molecule has 0 heterocycles. The molecule has 0 unspecified atom stereocenters. The molecule has 3 N–H and O–H groups in total. The second-order valence-electron chi connectivity index (χ2n) is 5.64. The molecule has 0 bridgehead atoms. The number of phenolic OH excluding ortho intramolecular Hbond substituents is 2. The quantitative estimate of drug-likeness (QED) is 0.607. The summed E-state index contributed by atoms with van der Waals surface area (Å²) in [7, 11) is 0. The van der Waals surface area contributed by atoms with Crippen molar-refractivity contribution in [2.45, 2.75) is 13.3 Å². The largest absolute Gasteiger partial charge is 0.507 e. The van der Waals surface area contributed by atoms with E-state index in [-0.39, 0.29) is 17.1 Å². The Bertz CT molecular complexity index is 921. The number of fused-ring (bicyclic) bond motifs is 1. The first-order valence-corrected chi connectivity index (χ1v) is 8.08. The van der Waals surface area contributed by atoms with E-state index in [2.05, 4.69) is 5.32 Å². The van der Waals surface area contributed by atoms with E-state index in [1.165, 1.54) is 6.07 Å². The fraction of sp³-hybridized carbons (Fsp3) is 0.150. The van der Waals surface area contributed by atoms with Gasteiger partial charge in [-0.3, -0.25) is 4.79 Å². The van der Waals surface area contributed by atoms with E-state index in [0.29, 0.717) is 28.8 Å². The number of carbonyl (C=O) groups is 1. The molecule has 5 nitrogen and oxygen atoms in total. The highest BCUT2D eigenvalue weighted by molar-refractivity contribution is 6.11. The van der Waals surface area contributed by atoms with Crippen LogP contribution in [0.15, 0.2) is 54.6 Å². The minimum Gasteiger partial charge on any atom is -0.507 e. The van der Waals surface area contributed by atoms with Crippen LogP contribution in [0, 0.1) is 0 Å². The zero-order valence-corrected chi connectivity index (χ0v) is 13.8. The molecule has 0 saturated carbocycles. The number of hydrogen-bond donors (Lipinski definition) is 3. The molecule has 5 heteroatoms. The monoisotopic (exact) mass is 337 g/mol. The van der Waals surface area contributed by atoms with E-state index < -0.39 is 5.91 Å². The van der Waals surface area contributed by atoms with Crippen LogP contribution in [-0.2, 0) is 0 Å². The minimum absolute atomic E-state index is 0.00138. The zero-order chi connectivity index (χ0) is 17.8. The van der Waals surface area contributed by atoms with E-state index in [1.807, 2.05) is 13.0 Å². The first kappa shape index (κ1) is 16.6. The van der Waals surface area contributed by atoms with Gasteiger partial charge < -0.3 is 20.3 Å². The van der Waals surface area contributed by atoms with Crippen molar-refractivity contribution in [1.82, 2.24) is 0 Å². The average molecular weight is 337 g/mol. The molecule has 0 atom stereocenters. The van der Waals surface area contributed by atoms with Gasteiger partial charge in [0.25, 0.3) is 5.91 Å². The number of anilines is 1. The SMILES string of the molecule is CCCOc1ccccc1NC(=O)c1cc(O)c2ccccc2c1O. The predicted molar refractivity (Wildman–Crippen MR) is 97.5 cm³/mol. The number of nitrogens with one attached hydrogen (secondary N) is 1. The summed E-state index contributed by atoms with van der Waals surface area (Å²) >= 11 is 0. The summed E-state index contributed by atoms with van der Waals surface area (Å²) in [4.78, 5) is 12.6. The summed E-state index contributed by atoms with van der Waals surface area (Å²) in [6, 6.07) is 15.2. The van der Waals surface area contributed by atoms with Crippen LogP contribution >= 0.6 is 0 Å². The third-order valence-electron chi connectivity index (χ3n) is 3.84. The Morgan fingerprint density at radius 2 is 1.72 bits per heavy atom. The molecular formula is C20H19NO4. The summed E-state index contributed by atoms with van der Waals surface area (Å²) < 4.78 is 5.62. The van der Waals surface area contributed by atoms with E-state index in [0.717, 1.165) is 6.42 Å². The number of amides is 1. The average Bonchev–Trinajstić information content (AvgIpc) is 2.64. The van der Waals surface area contributed by atoms with Crippen LogP contribution in [0.3, 0.4) is 0 Å². The summed E-state index contributed by atoms with van der Waals surface area (Å²) in [6.07, 6.45) is 0.849. The molecule has 0 spiro atoms. The molecule has 25 heavy (non-hydrogen) atoms. The lowest BCUT2D eigenvalue weighted by atomic mass is 10.0. The lowest BCUT2D eigenvalue weighted by Crippen LogP contribution is -2.13. The molecule has 0 aromatic heterocycles. The normalized spacial score (nSPS) is 10.6. The lowest BCUT2D eigenvalue weighted by molar-refractivity contribution is 0.102. The topological polar surface area (TPSA) is 78.8 Å².